The van der Waals surface area contributed by atoms with Crippen molar-refractivity contribution < 1.29 is 19.1 Å². The molecule has 1 aromatic heterocycles. The Labute approximate surface area is 157 Å². The molecule has 0 unspecified atom stereocenters. The SMILES string of the molecule is COC(=O)N(OC)c1ccccc1COc1ccn(-c2ccc(C)cc2)n1. The zero-order valence-electron chi connectivity index (χ0n) is 15.5. The van der Waals surface area contributed by atoms with E-state index < -0.39 is 6.09 Å². The van der Waals surface area contributed by atoms with Gasteiger partial charge in [-0.15, -0.1) is 5.10 Å². The van der Waals surface area contributed by atoms with Crippen LogP contribution in [-0.2, 0) is 16.2 Å². The van der Waals surface area contributed by atoms with Gasteiger partial charge in [0.2, 0.25) is 5.88 Å². The molecule has 0 radical (unpaired) electrons. The van der Waals surface area contributed by atoms with Crippen molar-refractivity contribution in [3.05, 3.63) is 71.9 Å². The number of hydrogen-bond acceptors (Lipinski definition) is 5. The van der Waals surface area contributed by atoms with Crippen LogP contribution in [0.15, 0.2) is 60.8 Å². The van der Waals surface area contributed by atoms with Crippen molar-refractivity contribution >= 4 is 11.8 Å². The fourth-order valence-electron chi connectivity index (χ4n) is 2.56. The third-order valence-corrected chi connectivity index (χ3v) is 3.97. The van der Waals surface area contributed by atoms with Crippen molar-refractivity contribution in [3.8, 4) is 11.6 Å². The van der Waals surface area contributed by atoms with Crippen molar-refractivity contribution in [3.63, 3.8) is 0 Å². The number of methoxy groups -OCH3 is 1. The molecule has 7 heteroatoms. The number of hydroxylamine groups is 1. The number of nitrogens with zero attached hydrogens (tertiary/aromatic N) is 3. The van der Waals surface area contributed by atoms with Gasteiger partial charge in [-0.3, -0.25) is 4.84 Å². The summed E-state index contributed by atoms with van der Waals surface area (Å²) >= 11 is 0. The summed E-state index contributed by atoms with van der Waals surface area (Å²) < 4.78 is 12.3. The van der Waals surface area contributed by atoms with Gasteiger partial charge in [-0.2, -0.15) is 5.06 Å². The van der Waals surface area contributed by atoms with E-state index in [0.717, 1.165) is 16.3 Å². The van der Waals surface area contributed by atoms with E-state index in [0.29, 0.717) is 11.6 Å². The van der Waals surface area contributed by atoms with E-state index in [4.69, 9.17) is 14.3 Å². The van der Waals surface area contributed by atoms with E-state index in [1.54, 1.807) is 22.9 Å². The average molecular weight is 367 g/mol. The van der Waals surface area contributed by atoms with Crippen molar-refractivity contribution in [2.75, 3.05) is 19.3 Å². The number of benzene rings is 2. The highest BCUT2D eigenvalue weighted by molar-refractivity contribution is 5.86. The lowest BCUT2D eigenvalue weighted by atomic mass is 10.2. The lowest BCUT2D eigenvalue weighted by Gasteiger charge is -2.20. The lowest BCUT2D eigenvalue weighted by Crippen LogP contribution is -2.30. The Hall–Kier alpha value is -3.32. The van der Waals surface area contributed by atoms with Crippen LogP contribution in [0.3, 0.4) is 0 Å². The molecule has 3 rings (SSSR count). The molecule has 3 aromatic rings. The van der Waals surface area contributed by atoms with Crippen LogP contribution in [-0.4, -0.2) is 30.1 Å². The molecule has 0 saturated carbocycles. The molecule has 0 saturated heterocycles. The molecule has 7 nitrogen and oxygen atoms in total. The van der Waals surface area contributed by atoms with Gasteiger partial charge in [0.1, 0.15) is 6.61 Å². The highest BCUT2D eigenvalue weighted by Crippen LogP contribution is 2.23. The Morgan fingerprint density at radius 1 is 1.07 bits per heavy atom. The second kappa shape index (κ2) is 8.37. The van der Waals surface area contributed by atoms with Crippen molar-refractivity contribution in [2.24, 2.45) is 0 Å². The standard InChI is InChI=1S/C20H21N3O4/c1-15-8-10-17(11-9-15)22-13-12-19(21-22)27-14-16-6-4-5-7-18(16)23(26-3)20(24)25-2/h4-13H,14H2,1-3H3. The highest BCUT2D eigenvalue weighted by Gasteiger charge is 2.19. The largest absolute Gasteiger partial charge is 0.472 e. The number of carbonyl (C=O) groups excluding carboxylic acids is 1. The maximum Gasteiger partial charge on any atom is 0.438 e. The van der Waals surface area contributed by atoms with Gasteiger partial charge in [-0.05, 0) is 25.1 Å². The Morgan fingerprint density at radius 2 is 1.81 bits per heavy atom. The van der Waals surface area contributed by atoms with Crippen molar-refractivity contribution in [1.82, 2.24) is 9.78 Å². The van der Waals surface area contributed by atoms with Crippen molar-refractivity contribution in [2.45, 2.75) is 13.5 Å². The van der Waals surface area contributed by atoms with E-state index in [1.807, 2.05) is 49.5 Å². The van der Waals surface area contributed by atoms with Gasteiger partial charge >= 0.3 is 6.09 Å². The smallest absolute Gasteiger partial charge is 0.438 e. The van der Waals surface area contributed by atoms with E-state index in [2.05, 4.69) is 5.10 Å². The van der Waals surface area contributed by atoms with Gasteiger partial charge in [0.05, 0.1) is 25.6 Å². The minimum atomic E-state index is -0.617. The molecule has 140 valence electrons. The Bertz CT molecular complexity index is 906. The third-order valence-electron chi connectivity index (χ3n) is 3.97. The number of rotatable bonds is 6. The van der Waals surface area contributed by atoms with Gasteiger partial charge in [0, 0.05) is 17.8 Å². The normalized spacial score (nSPS) is 10.5. The molecule has 0 atom stereocenters. The second-order valence-corrected chi connectivity index (χ2v) is 5.80. The quantitative estimate of drug-likeness (QED) is 0.618. The first-order chi connectivity index (χ1) is 13.1. The Balaban J connectivity index is 1.74. The molecule has 2 aromatic carbocycles. The molecule has 0 spiro atoms. The number of amides is 1. The predicted octanol–water partition coefficient (Wildman–Crippen LogP) is 3.89. The molecular formula is C20H21N3O4. The summed E-state index contributed by atoms with van der Waals surface area (Å²) in [5.74, 6) is 0.479. The Kier molecular flexibility index (Phi) is 5.73. The number of hydrogen-bond donors (Lipinski definition) is 0. The van der Waals surface area contributed by atoms with Crippen LogP contribution in [0.2, 0.25) is 0 Å². The van der Waals surface area contributed by atoms with Crippen LogP contribution in [0.4, 0.5) is 10.5 Å². The summed E-state index contributed by atoms with van der Waals surface area (Å²) in [4.78, 5) is 17.0. The maximum atomic E-state index is 11.9. The van der Waals surface area contributed by atoms with Crippen LogP contribution in [0, 0.1) is 6.92 Å². The summed E-state index contributed by atoms with van der Waals surface area (Å²) in [6.45, 7) is 2.26. The molecule has 0 bridgehead atoms. The number of anilines is 1. The van der Waals surface area contributed by atoms with Gasteiger partial charge in [0.15, 0.2) is 0 Å². The van der Waals surface area contributed by atoms with E-state index >= 15 is 0 Å². The average Bonchev–Trinajstić information content (AvgIpc) is 3.17. The monoisotopic (exact) mass is 367 g/mol. The summed E-state index contributed by atoms with van der Waals surface area (Å²) in [5, 5.41) is 5.50. The van der Waals surface area contributed by atoms with Gasteiger partial charge in [-0.25, -0.2) is 9.48 Å². The Morgan fingerprint density at radius 3 is 2.52 bits per heavy atom. The van der Waals surface area contributed by atoms with Gasteiger partial charge in [0.25, 0.3) is 0 Å². The summed E-state index contributed by atoms with van der Waals surface area (Å²) in [5.41, 5.74) is 3.44. The summed E-state index contributed by atoms with van der Waals surface area (Å²) in [7, 11) is 2.70. The van der Waals surface area contributed by atoms with Gasteiger partial charge in [-0.1, -0.05) is 35.9 Å². The first kappa shape index (κ1) is 18.5. The molecule has 0 fully saturated rings. The third kappa shape index (κ3) is 4.27. The molecule has 0 N–H and O–H groups in total. The highest BCUT2D eigenvalue weighted by atomic mass is 16.7. The summed E-state index contributed by atoms with van der Waals surface area (Å²) in [6.07, 6.45) is 1.22. The minimum absolute atomic E-state index is 0.220. The molecule has 0 aliphatic rings. The maximum absolute atomic E-state index is 11.9. The fraction of sp³-hybridized carbons (Fsp3) is 0.200. The molecule has 27 heavy (non-hydrogen) atoms. The van der Waals surface area contributed by atoms with Crippen LogP contribution < -0.4 is 9.80 Å². The lowest BCUT2D eigenvalue weighted by molar-refractivity contribution is 0.115. The molecule has 0 aliphatic carbocycles. The zero-order chi connectivity index (χ0) is 19.2. The number of carbonyl (C=O) groups is 1. The van der Waals surface area contributed by atoms with Crippen molar-refractivity contribution in [1.29, 1.82) is 0 Å². The molecule has 1 amide bonds. The number of ether oxygens (including phenoxy) is 2. The first-order valence-electron chi connectivity index (χ1n) is 8.38. The van der Waals surface area contributed by atoms with Crippen LogP contribution >= 0.6 is 0 Å². The first-order valence-corrected chi connectivity index (χ1v) is 8.38. The van der Waals surface area contributed by atoms with Crippen LogP contribution in [0.25, 0.3) is 5.69 Å². The topological polar surface area (TPSA) is 65.8 Å². The number of aromatic nitrogens is 2. The molecule has 0 aliphatic heterocycles. The van der Waals surface area contributed by atoms with E-state index in [1.165, 1.54) is 19.8 Å². The molecular weight excluding hydrogens is 346 g/mol. The van der Waals surface area contributed by atoms with Gasteiger partial charge < -0.3 is 9.47 Å². The van der Waals surface area contributed by atoms with Crippen LogP contribution in [0.1, 0.15) is 11.1 Å². The fourth-order valence-corrected chi connectivity index (χ4v) is 2.56. The molecule has 1 heterocycles. The second-order valence-electron chi connectivity index (χ2n) is 5.80. The summed E-state index contributed by atoms with van der Waals surface area (Å²) in [6, 6.07) is 17.1. The van der Waals surface area contributed by atoms with E-state index in [-0.39, 0.29) is 6.61 Å². The van der Waals surface area contributed by atoms with E-state index in [9.17, 15) is 4.79 Å². The minimum Gasteiger partial charge on any atom is -0.472 e. The number of para-hydroxylation sites is 1. The van der Waals surface area contributed by atoms with Crippen LogP contribution in [0.5, 0.6) is 5.88 Å². The number of aryl methyl sites for hydroxylation is 1. The predicted molar refractivity (Wildman–Crippen MR) is 101 cm³/mol. The zero-order valence-corrected chi connectivity index (χ0v) is 15.5.